The summed E-state index contributed by atoms with van der Waals surface area (Å²) in [7, 11) is 4.88. The molecule has 0 radical (unpaired) electrons. The molecule has 0 aliphatic rings. The van der Waals surface area contributed by atoms with Gasteiger partial charge in [-0.25, -0.2) is 0 Å². The standard InChI is InChI=1S/C16H27N3O3/c1-5-6-8-18-16(17)19-9-7-13-14(21-3)10-12(20-2)11-15(13)22-4/h10-11H,5-9H2,1-4H3,(H3,17,18,19). The van der Waals surface area contributed by atoms with E-state index in [4.69, 9.17) is 19.9 Å². The number of nitrogens with two attached hydrogens (primary N) is 1. The first-order chi connectivity index (χ1) is 10.7. The summed E-state index contributed by atoms with van der Waals surface area (Å²) in [6.07, 6.45) is 2.86. The lowest BCUT2D eigenvalue weighted by Crippen LogP contribution is -2.33. The van der Waals surface area contributed by atoms with Gasteiger partial charge in [-0.1, -0.05) is 13.3 Å². The molecule has 1 aromatic rings. The van der Waals surface area contributed by atoms with E-state index in [1.54, 1.807) is 21.3 Å². The molecule has 0 heterocycles. The highest BCUT2D eigenvalue weighted by molar-refractivity contribution is 5.77. The maximum Gasteiger partial charge on any atom is 0.188 e. The second-order valence-electron chi connectivity index (χ2n) is 4.81. The lowest BCUT2D eigenvalue weighted by atomic mass is 10.1. The molecule has 0 bridgehead atoms. The molecule has 0 saturated carbocycles. The number of aliphatic imine (C=N–C) groups is 1. The van der Waals surface area contributed by atoms with E-state index in [1.165, 1.54) is 0 Å². The number of hydrogen-bond acceptors (Lipinski definition) is 4. The van der Waals surface area contributed by atoms with Crippen LogP contribution in [0, 0.1) is 0 Å². The summed E-state index contributed by atoms with van der Waals surface area (Å²) in [6.45, 7) is 3.53. The van der Waals surface area contributed by atoms with E-state index in [9.17, 15) is 0 Å². The minimum Gasteiger partial charge on any atom is -0.496 e. The van der Waals surface area contributed by atoms with Crippen LogP contribution >= 0.6 is 0 Å². The predicted octanol–water partition coefficient (Wildman–Crippen LogP) is 1.96. The zero-order chi connectivity index (χ0) is 16.4. The van der Waals surface area contributed by atoms with E-state index < -0.39 is 0 Å². The molecule has 124 valence electrons. The van der Waals surface area contributed by atoms with Gasteiger partial charge in [-0.2, -0.15) is 0 Å². The van der Waals surface area contributed by atoms with Crippen molar-refractivity contribution in [1.82, 2.24) is 5.32 Å². The van der Waals surface area contributed by atoms with E-state index in [1.807, 2.05) is 12.1 Å². The molecule has 1 rings (SSSR count). The van der Waals surface area contributed by atoms with Crippen LogP contribution in [-0.2, 0) is 6.42 Å². The van der Waals surface area contributed by atoms with Crippen molar-refractivity contribution in [3.63, 3.8) is 0 Å². The normalized spacial score (nSPS) is 11.2. The van der Waals surface area contributed by atoms with Gasteiger partial charge in [-0.15, -0.1) is 0 Å². The Kier molecular flexibility index (Phi) is 7.96. The summed E-state index contributed by atoms with van der Waals surface area (Å²) in [5.74, 6) is 2.64. The summed E-state index contributed by atoms with van der Waals surface area (Å²) in [4.78, 5) is 4.26. The molecule has 6 heteroatoms. The molecule has 0 spiro atoms. The van der Waals surface area contributed by atoms with Crippen molar-refractivity contribution in [2.75, 3.05) is 34.4 Å². The van der Waals surface area contributed by atoms with Crippen LogP contribution in [0.5, 0.6) is 17.2 Å². The zero-order valence-corrected chi connectivity index (χ0v) is 13.9. The van der Waals surface area contributed by atoms with Gasteiger partial charge in [-0.05, 0) is 12.8 Å². The first-order valence-corrected chi connectivity index (χ1v) is 7.48. The molecule has 6 nitrogen and oxygen atoms in total. The van der Waals surface area contributed by atoms with Crippen LogP contribution in [0.1, 0.15) is 25.3 Å². The molecule has 0 fully saturated rings. The Hall–Kier alpha value is -2.11. The Balaban J connectivity index is 2.70. The third-order valence-electron chi connectivity index (χ3n) is 3.29. The lowest BCUT2D eigenvalue weighted by molar-refractivity contribution is 0.368. The Morgan fingerprint density at radius 1 is 1.14 bits per heavy atom. The van der Waals surface area contributed by atoms with Gasteiger partial charge in [0.2, 0.25) is 0 Å². The van der Waals surface area contributed by atoms with E-state index in [-0.39, 0.29) is 0 Å². The van der Waals surface area contributed by atoms with E-state index >= 15 is 0 Å². The van der Waals surface area contributed by atoms with Crippen LogP contribution in [0.25, 0.3) is 0 Å². The number of ether oxygens (including phenoxy) is 3. The number of unbranched alkanes of at least 4 members (excludes halogenated alkanes) is 1. The number of hydrogen-bond donors (Lipinski definition) is 2. The second-order valence-corrected chi connectivity index (χ2v) is 4.81. The second kappa shape index (κ2) is 9.76. The van der Waals surface area contributed by atoms with Gasteiger partial charge in [0.25, 0.3) is 0 Å². The Bertz CT molecular complexity index is 465. The quantitative estimate of drug-likeness (QED) is 0.414. The SMILES string of the molecule is CCCCN=C(N)NCCc1c(OC)cc(OC)cc1OC. The smallest absolute Gasteiger partial charge is 0.188 e. The number of benzene rings is 1. The minimum absolute atomic E-state index is 0.472. The van der Waals surface area contributed by atoms with Gasteiger partial charge >= 0.3 is 0 Å². The Labute approximate surface area is 132 Å². The molecule has 0 aliphatic carbocycles. The summed E-state index contributed by atoms with van der Waals surface area (Å²) >= 11 is 0. The first-order valence-electron chi connectivity index (χ1n) is 7.48. The highest BCUT2D eigenvalue weighted by Crippen LogP contribution is 2.34. The molecule has 0 aliphatic heterocycles. The molecule has 0 unspecified atom stereocenters. The van der Waals surface area contributed by atoms with Crippen LogP contribution in [0.2, 0.25) is 0 Å². The van der Waals surface area contributed by atoms with Crippen LogP contribution in [-0.4, -0.2) is 40.4 Å². The Morgan fingerprint density at radius 3 is 2.27 bits per heavy atom. The van der Waals surface area contributed by atoms with Gasteiger partial charge in [0.15, 0.2) is 5.96 Å². The highest BCUT2D eigenvalue weighted by Gasteiger charge is 2.12. The third kappa shape index (κ3) is 5.35. The average Bonchev–Trinajstić information content (AvgIpc) is 2.54. The fraction of sp³-hybridized carbons (Fsp3) is 0.562. The average molecular weight is 309 g/mol. The third-order valence-corrected chi connectivity index (χ3v) is 3.29. The lowest BCUT2D eigenvalue weighted by Gasteiger charge is -2.15. The Morgan fingerprint density at radius 2 is 1.77 bits per heavy atom. The largest absolute Gasteiger partial charge is 0.496 e. The first kappa shape index (κ1) is 17.9. The predicted molar refractivity (Wildman–Crippen MR) is 89.2 cm³/mol. The van der Waals surface area contributed by atoms with Gasteiger partial charge in [0.05, 0.1) is 21.3 Å². The maximum absolute atomic E-state index is 5.82. The van der Waals surface area contributed by atoms with Gasteiger partial charge in [-0.3, -0.25) is 4.99 Å². The maximum atomic E-state index is 5.82. The summed E-state index contributed by atoms with van der Waals surface area (Å²) in [5, 5.41) is 3.11. The van der Waals surface area contributed by atoms with Crippen molar-refractivity contribution < 1.29 is 14.2 Å². The summed E-state index contributed by atoms with van der Waals surface area (Å²) < 4.78 is 16.1. The van der Waals surface area contributed by atoms with E-state index in [0.717, 1.165) is 36.4 Å². The highest BCUT2D eigenvalue weighted by atomic mass is 16.5. The van der Waals surface area contributed by atoms with Crippen LogP contribution in [0.4, 0.5) is 0 Å². The molecule has 0 saturated heterocycles. The molecule has 0 aromatic heterocycles. The van der Waals surface area contributed by atoms with Gasteiger partial charge in [0.1, 0.15) is 17.2 Å². The van der Waals surface area contributed by atoms with E-state index in [0.29, 0.717) is 24.7 Å². The molecular weight excluding hydrogens is 282 g/mol. The summed E-state index contributed by atoms with van der Waals surface area (Å²) in [5.41, 5.74) is 6.79. The monoisotopic (exact) mass is 309 g/mol. The van der Waals surface area contributed by atoms with E-state index in [2.05, 4.69) is 17.2 Å². The van der Waals surface area contributed by atoms with Crippen molar-refractivity contribution in [2.45, 2.75) is 26.2 Å². The fourth-order valence-corrected chi connectivity index (χ4v) is 2.05. The fourth-order valence-electron chi connectivity index (χ4n) is 2.05. The molecule has 0 amide bonds. The van der Waals surface area contributed by atoms with Crippen molar-refractivity contribution in [1.29, 1.82) is 0 Å². The van der Waals surface area contributed by atoms with Crippen LogP contribution in [0.15, 0.2) is 17.1 Å². The van der Waals surface area contributed by atoms with Crippen molar-refractivity contribution in [3.8, 4) is 17.2 Å². The molecule has 0 atom stereocenters. The summed E-state index contributed by atoms with van der Waals surface area (Å²) in [6, 6.07) is 3.69. The number of guanidine groups is 1. The molecular formula is C16H27N3O3. The van der Waals surface area contributed by atoms with Crippen LogP contribution < -0.4 is 25.3 Å². The minimum atomic E-state index is 0.472. The molecule has 1 aromatic carbocycles. The molecule has 22 heavy (non-hydrogen) atoms. The van der Waals surface area contributed by atoms with Crippen LogP contribution in [0.3, 0.4) is 0 Å². The van der Waals surface area contributed by atoms with Crippen molar-refractivity contribution in [3.05, 3.63) is 17.7 Å². The number of rotatable bonds is 9. The van der Waals surface area contributed by atoms with Gasteiger partial charge in [0, 0.05) is 30.8 Å². The number of nitrogens with zero attached hydrogens (tertiary/aromatic N) is 1. The topological polar surface area (TPSA) is 78.1 Å². The van der Waals surface area contributed by atoms with Crippen molar-refractivity contribution in [2.24, 2.45) is 10.7 Å². The number of nitrogens with one attached hydrogen (secondary N) is 1. The number of methoxy groups -OCH3 is 3. The van der Waals surface area contributed by atoms with Gasteiger partial charge < -0.3 is 25.3 Å². The zero-order valence-electron chi connectivity index (χ0n) is 13.9. The van der Waals surface area contributed by atoms with Crippen molar-refractivity contribution >= 4 is 5.96 Å². The molecule has 3 N–H and O–H groups in total.